The molecule has 0 saturated heterocycles. The Bertz CT molecular complexity index is 851. The van der Waals surface area contributed by atoms with Crippen LogP contribution in [0.5, 0.6) is 0 Å². The van der Waals surface area contributed by atoms with Crippen molar-refractivity contribution in [2.45, 2.75) is 20.8 Å². The number of benzene rings is 2. The Morgan fingerprint density at radius 3 is 2.35 bits per heavy atom. The first kappa shape index (κ1) is 13.6. The Morgan fingerprint density at radius 2 is 1.70 bits per heavy atom. The number of imidazole rings is 1. The van der Waals surface area contributed by atoms with E-state index in [2.05, 4.69) is 70.5 Å². The lowest BCUT2D eigenvalue weighted by Gasteiger charge is -2.11. The normalized spacial score (nSPS) is 11.2. The molecule has 0 aliphatic carbocycles. The number of para-hydroxylation sites is 1. The fourth-order valence-electron chi connectivity index (χ4n) is 2.63. The summed E-state index contributed by atoms with van der Waals surface area (Å²) in [6.45, 7) is 6.32. The van der Waals surface area contributed by atoms with Gasteiger partial charge in [0, 0.05) is 10.2 Å². The van der Waals surface area contributed by atoms with Crippen LogP contribution >= 0.6 is 28.1 Å². The van der Waals surface area contributed by atoms with E-state index >= 15 is 0 Å². The van der Waals surface area contributed by atoms with E-state index in [1.807, 2.05) is 6.07 Å². The van der Waals surface area contributed by atoms with Crippen LogP contribution in [0.4, 0.5) is 0 Å². The third-order valence-electron chi connectivity index (χ3n) is 3.59. The molecule has 0 radical (unpaired) electrons. The van der Waals surface area contributed by atoms with Crippen LogP contribution in [0.1, 0.15) is 16.7 Å². The third kappa shape index (κ3) is 2.03. The molecule has 0 aliphatic rings. The molecule has 0 saturated carbocycles. The first-order valence-electron chi connectivity index (χ1n) is 6.46. The molecule has 4 heteroatoms. The number of aromatic amines is 1. The number of aromatic nitrogens is 2. The second kappa shape index (κ2) is 4.86. The predicted octanol–water partition coefficient (Wildman–Crippen LogP) is 5.38. The van der Waals surface area contributed by atoms with Gasteiger partial charge in [0.15, 0.2) is 4.77 Å². The van der Waals surface area contributed by atoms with Crippen LogP contribution in [0, 0.1) is 25.5 Å². The summed E-state index contributed by atoms with van der Waals surface area (Å²) in [5.41, 5.74) is 6.98. The van der Waals surface area contributed by atoms with E-state index < -0.39 is 0 Å². The average molecular weight is 347 g/mol. The molecule has 0 aliphatic heterocycles. The van der Waals surface area contributed by atoms with Gasteiger partial charge < -0.3 is 4.98 Å². The molecule has 102 valence electrons. The summed E-state index contributed by atoms with van der Waals surface area (Å²) in [5.74, 6) is 0. The molecule has 2 nitrogen and oxygen atoms in total. The van der Waals surface area contributed by atoms with Crippen LogP contribution < -0.4 is 0 Å². The van der Waals surface area contributed by atoms with Crippen molar-refractivity contribution < 1.29 is 0 Å². The highest BCUT2D eigenvalue weighted by Gasteiger charge is 2.10. The molecule has 20 heavy (non-hydrogen) atoms. The molecule has 3 aromatic rings. The molecule has 0 amide bonds. The van der Waals surface area contributed by atoms with Crippen molar-refractivity contribution in [3.05, 3.63) is 56.3 Å². The minimum absolute atomic E-state index is 0.732. The van der Waals surface area contributed by atoms with E-state index in [1.165, 1.54) is 16.7 Å². The van der Waals surface area contributed by atoms with Gasteiger partial charge in [-0.05, 0) is 67.9 Å². The van der Waals surface area contributed by atoms with E-state index in [0.29, 0.717) is 0 Å². The zero-order valence-electron chi connectivity index (χ0n) is 11.6. The summed E-state index contributed by atoms with van der Waals surface area (Å²) in [6, 6.07) is 10.5. The van der Waals surface area contributed by atoms with Crippen molar-refractivity contribution in [3.8, 4) is 5.69 Å². The number of rotatable bonds is 1. The molecule has 0 unspecified atom stereocenters. The number of aryl methyl sites for hydroxylation is 3. The number of hydrogen-bond donors (Lipinski definition) is 1. The zero-order chi connectivity index (χ0) is 14.4. The largest absolute Gasteiger partial charge is 0.330 e. The summed E-state index contributed by atoms with van der Waals surface area (Å²) >= 11 is 9.13. The molecule has 0 bridgehead atoms. The van der Waals surface area contributed by atoms with Gasteiger partial charge >= 0.3 is 0 Å². The lowest BCUT2D eigenvalue weighted by molar-refractivity contribution is 1.05. The van der Waals surface area contributed by atoms with Crippen LogP contribution in [0.3, 0.4) is 0 Å². The Hall–Kier alpha value is -1.39. The maximum Gasteiger partial charge on any atom is 0.182 e. The van der Waals surface area contributed by atoms with Crippen molar-refractivity contribution in [2.24, 2.45) is 0 Å². The number of nitrogens with one attached hydrogen (secondary N) is 1. The SMILES string of the molecule is Cc1cc(-n2c(=S)[nH]c3cccc(C)c32)cc(C)c1Br. The molecule has 3 rings (SSSR count). The Balaban J connectivity index is 2.41. The standard InChI is InChI=1S/C16H15BrN2S/c1-9-5-4-6-13-15(9)19(16(20)18-13)12-7-10(2)14(17)11(3)8-12/h4-8H,1-3H3,(H,18,20). The topological polar surface area (TPSA) is 20.7 Å². The monoisotopic (exact) mass is 346 g/mol. The molecule has 0 fully saturated rings. The van der Waals surface area contributed by atoms with E-state index in [1.54, 1.807) is 0 Å². The Labute approximate surface area is 131 Å². The van der Waals surface area contributed by atoms with Crippen molar-refractivity contribution >= 4 is 39.2 Å². The number of halogens is 1. The molecule has 0 spiro atoms. The van der Waals surface area contributed by atoms with E-state index in [-0.39, 0.29) is 0 Å². The van der Waals surface area contributed by atoms with Crippen molar-refractivity contribution in [3.63, 3.8) is 0 Å². The van der Waals surface area contributed by atoms with E-state index in [9.17, 15) is 0 Å². The summed E-state index contributed by atoms with van der Waals surface area (Å²) < 4.78 is 4.01. The molecule has 1 N–H and O–H groups in total. The van der Waals surface area contributed by atoms with Gasteiger partial charge in [-0.15, -0.1) is 0 Å². The number of fused-ring (bicyclic) bond motifs is 1. The third-order valence-corrected chi connectivity index (χ3v) is 5.12. The average Bonchev–Trinajstić information content (AvgIpc) is 2.73. The molecule has 0 atom stereocenters. The summed E-state index contributed by atoms with van der Waals surface area (Å²) in [4.78, 5) is 3.29. The molecule has 1 heterocycles. The first-order chi connectivity index (χ1) is 9.49. The highest BCUT2D eigenvalue weighted by molar-refractivity contribution is 9.10. The number of nitrogens with zero attached hydrogens (tertiary/aromatic N) is 1. The fraction of sp³-hybridized carbons (Fsp3) is 0.188. The highest BCUT2D eigenvalue weighted by Crippen LogP contribution is 2.28. The molecular formula is C16H15BrN2S. The van der Waals surface area contributed by atoms with Crippen molar-refractivity contribution in [2.75, 3.05) is 0 Å². The van der Waals surface area contributed by atoms with Gasteiger partial charge in [0.25, 0.3) is 0 Å². The van der Waals surface area contributed by atoms with Gasteiger partial charge in [-0.3, -0.25) is 4.57 Å². The van der Waals surface area contributed by atoms with Crippen LogP contribution in [0.25, 0.3) is 16.7 Å². The molecule has 1 aromatic heterocycles. The van der Waals surface area contributed by atoms with Crippen LogP contribution in [0.2, 0.25) is 0 Å². The number of hydrogen-bond acceptors (Lipinski definition) is 1. The summed E-state index contributed by atoms with van der Waals surface area (Å²) in [5, 5.41) is 0. The van der Waals surface area contributed by atoms with Gasteiger partial charge in [0.05, 0.1) is 11.0 Å². The van der Waals surface area contributed by atoms with Crippen LogP contribution in [-0.2, 0) is 0 Å². The zero-order valence-corrected chi connectivity index (χ0v) is 14.0. The highest BCUT2D eigenvalue weighted by atomic mass is 79.9. The van der Waals surface area contributed by atoms with Gasteiger partial charge in [0.1, 0.15) is 0 Å². The number of H-pyrrole nitrogens is 1. The quantitative estimate of drug-likeness (QED) is 0.587. The smallest absolute Gasteiger partial charge is 0.182 e. The maximum atomic E-state index is 5.51. The molecule has 2 aromatic carbocycles. The second-order valence-electron chi connectivity index (χ2n) is 5.13. The lowest BCUT2D eigenvalue weighted by atomic mass is 10.1. The molecular weight excluding hydrogens is 332 g/mol. The summed E-state index contributed by atoms with van der Waals surface area (Å²) in [6.07, 6.45) is 0. The van der Waals surface area contributed by atoms with Gasteiger partial charge in [-0.25, -0.2) is 0 Å². The fourth-order valence-corrected chi connectivity index (χ4v) is 3.16. The van der Waals surface area contributed by atoms with E-state index in [4.69, 9.17) is 12.2 Å². The lowest BCUT2D eigenvalue weighted by Crippen LogP contribution is -1.97. The van der Waals surface area contributed by atoms with Gasteiger partial charge in [-0.1, -0.05) is 28.1 Å². The van der Waals surface area contributed by atoms with Crippen LogP contribution in [-0.4, -0.2) is 9.55 Å². The summed E-state index contributed by atoms with van der Waals surface area (Å²) in [7, 11) is 0. The Kier molecular flexibility index (Phi) is 3.30. The Morgan fingerprint density at radius 1 is 1.05 bits per heavy atom. The van der Waals surface area contributed by atoms with Gasteiger partial charge in [-0.2, -0.15) is 0 Å². The van der Waals surface area contributed by atoms with Crippen molar-refractivity contribution in [1.82, 2.24) is 9.55 Å². The second-order valence-corrected chi connectivity index (χ2v) is 6.31. The maximum absolute atomic E-state index is 5.51. The van der Waals surface area contributed by atoms with Crippen LogP contribution in [0.15, 0.2) is 34.8 Å². The first-order valence-corrected chi connectivity index (χ1v) is 7.66. The minimum Gasteiger partial charge on any atom is -0.330 e. The minimum atomic E-state index is 0.732. The van der Waals surface area contributed by atoms with Crippen molar-refractivity contribution in [1.29, 1.82) is 0 Å². The van der Waals surface area contributed by atoms with E-state index in [0.717, 1.165) is 26.0 Å². The predicted molar refractivity (Wildman–Crippen MR) is 90.4 cm³/mol. The van der Waals surface area contributed by atoms with Gasteiger partial charge in [0.2, 0.25) is 0 Å².